The van der Waals surface area contributed by atoms with Gasteiger partial charge in [-0.05, 0) is 6.92 Å². The lowest BCUT2D eigenvalue weighted by atomic mass is 10.3. The number of amides is 1. The van der Waals surface area contributed by atoms with Gasteiger partial charge in [-0.2, -0.15) is 5.10 Å². The molecule has 84 valence electrons. The van der Waals surface area contributed by atoms with Crippen molar-refractivity contribution in [1.29, 1.82) is 0 Å². The Morgan fingerprint density at radius 2 is 2.44 bits per heavy atom. The van der Waals surface area contributed by atoms with Crippen LogP contribution in [0.5, 0.6) is 0 Å². The molecule has 16 heavy (non-hydrogen) atoms. The Balaban J connectivity index is 2.03. The summed E-state index contributed by atoms with van der Waals surface area (Å²) in [7, 11) is 1.66. The lowest BCUT2D eigenvalue weighted by Crippen LogP contribution is -2.27. The van der Waals surface area contributed by atoms with Crippen LogP contribution in [-0.2, 0) is 6.54 Å². The Labute approximate surface area is 91.5 Å². The number of hydrogen-bond donors (Lipinski definition) is 1. The zero-order valence-electron chi connectivity index (χ0n) is 8.97. The van der Waals surface area contributed by atoms with Gasteiger partial charge in [-0.1, -0.05) is 5.16 Å². The molecular formula is C9H11N5O2. The van der Waals surface area contributed by atoms with Gasteiger partial charge in [0, 0.05) is 13.1 Å². The lowest BCUT2D eigenvalue weighted by molar-refractivity contribution is 0.0771. The van der Waals surface area contributed by atoms with Crippen LogP contribution in [-0.4, -0.2) is 38.2 Å². The van der Waals surface area contributed by atoms with Crippen molar-refractivity contribution in [2.24, 2.45) is 0 Å². The molecule has 0 radical (unpaired) electrons. The van der Waals surface area contributed by atoms with Gasteiger partial charge in [-0.3, -0.25) is 9.89 Å². The number of aromatic nitrogens is 4. The van der Waals surface area contributed by atoms with Gasteiger partial charge in [-0.25, -0.2) is 4.98 Å². The summed E-state index contributed by atoms with van der Waals surface area (Å²) in [6.45, 7) is 2.13. The van der Waals surface area contributed by atoms with Crippen molar-refractivity contribution >= 4 is 5.91 Å². The van der Waals surface area contributed by atoms with Gasteiger partial charge in [-0.15, -0.1) is 0 Å². The monoisotopic (exact) mass is 221 g/mol. The molecule has 0 saturated heterocycles. The molecule has 0 saturated carbocycles. The van der Waals surface area contributed by atoms with E-state index >= 15 is 0 Å². The summed E-state index contributed by atoms with van der Waals surface area (Å²) in [5.41, 5.74) is 0.273. The van der Waals surface area contributed by atoms with E-state index in [9.17, 15) is 4.79 Å². The maximum atomic E-state index is 11.8. The molecule has 0 aliphatic carbocycles. The molecule has 2 rings (SSSR count). The molecule has 2 aromatic rings. The van der Waals surface area contributed by atoms with Crippen LogP contribution in [0.15, 0.2) is 16.9 Å². The molecule has 7 nitrogen and oxygen atoms in total. The van der Waals surface area contributed by atoms with Gasteiger partial charge < -0.3 is 9.42 Å². The number of nitrogens with one attached hydrogen (secondary N) is 1. The molecule has 0 unspecified atom stereocenters. The minimum Gasteiger partial charge on any atom is -0.364 e. The Hall–Kier alpha value is -2.18. The molecule has 0 atom stereocenters. The zero-order valence-corrected chi connectivity index (χ0v) is 8.97. The Bertz CT molecular complexity index is 476. The van der Waals surface area contributed by atoms with Crippen molar-refractivity contribution in [2.45, 2.75) is 13.5 Å². The molecule has 0 fully saturated rings. The van der Waals surface area contributed by atoms with Crippen molar-refractivity contribution in [3.8, 4) is 0 Å². The highest BCUT2D eigenvalue weighted by molar-refractivity contribution is 5.91. The summed E-state index contributed by atoms with van der Waals surface area (Å²) in [5.74, 6) is 1.06. The average molecular weight is 221 g/mol. The van der Waals surface area contributed by atoms with Gasteiger partial charge in [0.1, 0.15) is 12.1 Å². The third kappa shape index (κ3) is 2.08. The summed E-state index contributed by atoms with van der Waals surface area (Å²) in [5, 5.41) is 10.2. The van der Waals surface area contributed by atoms with E-state index in [0.717, 1.165) is 5.82 Å². The largest absolute Gasteiger partial charge is 0.364 e. The topological polar surface area (TPSA) is 87.9 Å². The predicted molar refractivity (Wildman–Crippen MR) is 53.4 cm³/mol. The summed E-state index contributed by atoms with van der Waals surface area (Å²) < 4.78 is 4.61. The van der Waals surface area contributed by atoms with E-state index in [1.807, 2.05) is 0 Å². The molecule has 7 heteroatoms. The average Bonchev–Trinajstić information content (AvgIpc) is 2.88. The minimum atomic E-state index is -0.226. The van der Waals surface area contributed by atoms with Gasteiger partial charge in [0.25, 0.3) is 5.91 Å². The van der Waals surface area contributed by atoms with Crippen LogP contribution in [0.1, 0.15) is 22.1 Å². The number of aromatic amines is 1. The number of carbonyl (C=O) groups excluding carboxylic acids is 1. The van der Waals surface area contributed by atoms with Crippen LogP contribution in [0.3, 0.4) is 0 Å². The van der Waals surface area contributed by atoms with E-state index in [2.05, 4.69) is 24.9 Å². The fraction of sp³-hybridized carbons (Fsp3) is 0.333. The number of hydrogen-bond acceptors (Lipinski definition) is 5. The summed E-state index contributed by atoms with van der Waals surface area (Å²) in [4.78, 5) is 17.3. The molecule has 0 aliphatic rings. The van der Waals surface area contributed by atoms with E-state index in [1.54, 1.807) is 14.0 Å². The van der Waals surface area contributed by atoms with E-state index in [0.29, 0.717) is 12.4 Å². The molecule has 0 aliphatic heterocycles. The van der Waals surface area contributed by atoms with Crippen molar-refractivity contribution in [1.82, 2.24) is 25.2 Å². The first-order valence-corrected chi connectivity index (χ1v) is 4.70. The van der Waals surface area contributed by atoms with Crippen molar-refractivity contribution < 1.29 is 9.32 Å². The zero-order chi connectivity index (χ0) is 11.5. The quantitative estimate of drug-likeness (QED) is 0.809. The van der Waals surface area contributed by atoms with Gasteiger partial charge in [0.15, 0.2) is 11.5 Å². The van der Waals surface area contributed by atoms with Crippen molar-refractivity contribution in [3.05, 3.63) is 29.7 Å². The fourth-order valence-electron chi connectivity index (χ4n) is 1.26. The summed E-state index contributed by atoms with van der Waals surface area (Å²) >= 11 is 0. The van der Waals surface area contributed by atoms with Crippen molar-refractivity contribution in [2.75, 3.05) is 7.05 Å². The molecule has 2 aromatic heterocycles. The number of carbonyl (C=O) groups is 1. The number of aryl methyl sites for hydroxylation is 1. The molecule has 1 N–H and O–H groups in total. The van der Waals surface area contributed by atoms with Gasteiger partial charge in [0.05, 0.1) is 6.54 Å². The SMILES string of the molecule is Cc1nc(CN(C)C(=O)c2ccon2)n[nH]1. The third-order valence-corrected chi connectivity index (χ3v) is 2.03. The molecule has 2 heterocycles. The van der Waals surface area contributed by atoms with Gasteiger partial charge in [0.2, 0.25) is 0 Å². The van der Waals surface area contributed by atoms with E-state index in [4.69, 9.17) is 0 Å². The second-order valence-corrected chi connectivity index (χ2v) is 3.38. The summed E-state index contributed by atoms with van der Waals surface area (Å²) in [6, 6.07) is 1.52. The standard InChI is InChI=1S/C9H11N5O2/c1-6-10-8(12-11-6)5-14(2)9(15)7-3-4-16-13-7/h3-4H,5H2,1-2H3,(H,10,11,12). The van der Waals surface area contributed by atoms with Crippen LogP contribution >= 0.6 is 0 Å². The Morgan fingerprint density at radius 3 is 3.00 bits per heavy atom. The second-order valence-electron chi connectivity index (χ2n) is 3.38. The predicted octanol–water partition coefficient (Wildman–Crippen LogP) is 0.373. The van der Waals surface area contributed by atoms with Crippen LogP contribution in [0, 0.1) is 6.92 Å². The number of nitrogens with zero attached hydrogens (tertiary/aromatic N) is 4. The van der Waals surface area contributed by atoms with Crippen LogP contribution < -0.4 is 0 Å². The highest BCUT2D eigenvalue weighted by Crippen LogP contribution is 2.03. The molecule has 0 spiro atoms. The summed E-state index contributed by atoms with van der Waals surface area (Å²) in [6.07, 6.45) is 1.36. The Morgan fingerprint density at radius 1 is 1.62 bits per heavy atom. The molecule has 0 bridgehead atoms. The fourth-order valence-corrected chi connectivity index (χ4v) is 1.26. The first-order chi connectivity index (χ1) is 7.66. The maximum Gasteiger partial charge on any atom is 0.276 e. The van der Waals surface area contributed by atoms with Crippen LogP contribution in [0.25, 0.3) is 0 Å². The lowest BCUT2D eigenvalue weighted by Gasteiger charge is -2.12. The van der Waals surface area contributed by atoms with E-state index in [-0.39, 0.29) is 11.6 Å². The highest BCUT2D eigenvalue weighted by atomic mass is 16.5. The normalized spacial score (nSPS) is 10.4. The smallest absolute Gasteiger partial charge is 0.276 e. The highest BCUT2D eigenvalue weighted by Gasteiger charge is 2.16. The minimum absolute atomic E-state index is 0.226. The first-order valence-electron chi connectivity index (χ1n) is 4.70. The molecule has 1 amide bonds. The Kier molecular flexibility index (Phi) is 2.67. The van der Waals surface area contributed by atoms with E-state index in [1.165, 1.54) is 17.2 Å². The molecular weight excluding hydrogens is 210 g/mol. The van der Waals surface area contributed by atoms with E-state index < -0.39 is 0 Å². The maximum absolute atomic E-state index is 11.8. The van der Waals surface area contributed by atoms with Gasteiger partial charge >= 0.3 is 0 Å². The van der Waals surface area contributed by atoms with Crippen LogP contribution in [0.4, 0.5) is 0 Å². The third-order valence-electron chi connectivity index (χ3n) is 2.03. The van der Waals surface area contributed by atoms with Crippen molar-refractivity contribution in [3.63, 3.8) is 0 Å². The second kappa shape index (κ2) is 4.13. The number of rotatable bonds is 3. The number of H-pyrrole nitrogens is 1. The van der Waals surface area contributed by atoms with Crippen LogP contribution in [0.2, 0.25) is 0 Å². The first kappa shape index (κ1) is 10.3. The molecule has 0 aromatic carbocycles.